The first-order valence-electron chi connectivity index (χ1n) is 12.1. The minimum absolute atomic E-state index is 0.00479. The molecule has 3 aromatic carbocycles. The van der Waals surface area contributed by atoms with E-state index in [0.29, 0.717) is 38.4 Å². The fourth-order valence-corrected chi connectivity index (χ4v) is 4.70. The van der Waals surface area contributed by atoms with Gasteiger partial charge in [-0.25, -0.2) is 0 Å². The highest BCUT2D eigenvalue weighted by Gasteiger charge is 2.25. The summed E-state index contributed by atoms with van der Waals surface area (Å²) in [5, 5.41) is 4.27. The average molecular weight is 467 g/mol. The number of carbonyl (C=O) groups excluding carboxylic acids is 2. The van der Waals surface area contributed by atoms with Crippen LogP contribution in [-0.2, 0) is 11.2 Å². The Labute approximate surface area is 205 Å². The van der Waals surface area contributed by atoms with Crippen LogP contribution in [0.5, 0.6) is 0 Å². The quantitative estimate of drug-likeness (QED) is 0.432. The van der Waals surface area contributed by atoms with Crippen molar-refractivity contribution >= 4 is 22.7 Å². The van der Waals surface area contributed by atoms with Crippen molar-refractivity contribution in [1.82, 2.24) is 20.1 Å². The van der Waals surface area contributed by atoms with Crippen molar-refractivity contribution in [3.05, 3.63) is 108 Å². The summed E-state index contributed by atoms with van der Waals surface area (Å²) in [6.07, 6.45) is 0.739. The number of para-hydroxylation sites is 1. The summed E-state index contributed by atoms with van der Waals surface area (Å²) in [7, 11) is 0. The summed E-state index contributed by atoms with van der Waals surface area (Å²) in [6.45, 7) is 2.88. The lowest BCUT2D eigenvalue weighted by molar-refractivity contribution is -0.123. The van der Waals surface area contributed by atoms with Gasteiger partial charge in [0.2, 0.25) is 5.91 Å². The molecule has 178 valence electrons. The Morgan fingerprint density at radius 2 is 1.49 bits per heavy atom. The van der Waals surface area contributed by atoms with Gasteiger partial charge < -0.3 is 15.2 Å². The number of benzene rings is 3. The molecule has 1 aliphatic rings. The first kappa shape index (κ1) is 22.9. The number of H-pyrrole nitrogens is 1. The van der Waals surface area contributed by atoms with Gasteiger partial charge in [-0.05, 0) is 29.7 Å². The van der Waals surface area contributed by atoms with E-state index in [4.69, 9.17) is 0 Å². The third-order valence-corrected chi connectivity index (χ3v) is 6.61. The number of piperazine rings is 1. The molecule has 0 bridgehead atoms. The maximum atomic E-state index is 13.0. The van der Waals surface area contributed by atoms with Crippen LogP contribution < -0.4 is 5.32 Å². The smallest absolute Gasteiger partial charge is 0.270 e. The number of amides is 2. The molecule has 0 spiro atoms. The zero-order valence-corrected chi connectivity index (χ0v) is 19.7. The Kier molecular flexibility index (Phi) is 6.91. The van der Waals surface area contributed by atoms with Crippen molar-refractivity contribution < 1.29 is 9.59 Å². The molecule has 1 saturated heterocycles. The molecule has 2 amide bonds. The SMILES string of the molecule is O=C(CN1CCN(C(=O)c2cc3ccccc3[nH]2)CC1)NC(Cc1ccccc1)c1ccccc1. The second-order valence-electron chi connectivity index (χ2n) is 9.06. The minimum atomic E-state index is -0.0871. The zero-order chi connectivity index (χ0) is 24.0. The molecule has 2 N–H and O–H groups in total. The molecule has 0 saturated carbocycles. The third kappa shape index (κ3) is 5.61. The molecule has 1 fully saturated rings. The molecular weight excluding hydrogens is 436 g/mol. The second-order valence-corrected chi connectivity index (χ2v) is 9.06. The summed E-state index contributed by atoms with van der Waals surface area (Å²) in [5.74, 6) is 0.0162. The fourth-order valence-electron chi connectivity index (χ4n) is 4.70. The van der Waals surface area contributed by atoms with E-state index in [0.717, 1.165) is 22.9 Å². The lowest BCUT2D eigenvalue weighted by Gasteiger charge is -2.34. The average Bonchev–Trinajstić information content (AvgIpc) is 3.34. The number of hydrogen-bond acceptors (Lipinski definition) is 3. The molecule has 5 rings (SSSR count). The van der Waals surface area contributed by atoms with Gasteiger partial charge in [-0.2, -0.15) is 0 Å². The number of hydrogen-bond donors (Lipinski definition) is 2. The number of nitrogens with zero attached hydrogens (tertiary/aromatic N) is 2. The van der Waals surface area contributed by atoms with E-state index in [2.05, 4.69) is 39.5 Å². The molecule has 1 atom stereocenters. The molecule has 4 aromatic rings. The first-order chi connectivity index (χ1) is 17.2. The van der Waals surface area contributed by atoms with E-state index < -0.39 is 0 Å². The van der Waals surface area contributed by atoms with Gasteiger partial charge in [0, 0.05) is 37.1 Å². The van der Waals surface area contributed by atoms with Crippen molar-refractivity contribution in [2.75, 3.05) is 32.7 Å². The topological polar surface area (TPSA) is 68.4 Å². The molecule has 0 radical (unpaired) electrons. The maximum absolute atomic E-state index is 13.0. The summed E-state index contributed by atoms with van der Waals surface area (Å²) in [4.78, 5) is 33.2. The predicted octanol–water partition coefficient (Wildman–Crippen LogP) is 4.03. The first-order valence-corrected chi connectivity index (χ1v) is 12.1. The standard InChI is InChI=1S/C29H30N4O2/c34-28(31-26(23-11-5-2-6-12-23)19-22-9-3-1-4-10-22)21-32-15-17-33(18-16-32)29(35)27-20-24-13-7-8-14-25(24)30-27/h1-14,20,26,30H,15-19,21H2,(H,31,34). The summed E-state index contributed by atoms with van der Waals surface area (Å²) >= 11 is 0. The van der Waals surface area contributed by atoms with E-state index in [1.807, 2.05) is 71.6 Å². The van der Waals surface area contributed by atoms with Crippen molar-refractivity contribution in [3.8, 4) is 0 Å². The molecule has 1 aromatic heterocycles. The molecule has 6 nitrogen and oxygen atoms in total. The lowest BCUT2D eigenvalue weighted by atomic mass is 9.99. The monoisotopic (exact) mass is 466 g/mol. The van der Waals surface area contributed by atoms with Gasteiger partial charge in [-0.15, -0.1) is 0 Å². The minimum Gasteiger partial charge on any atom is -0.351 e. The van der Waals surface area contributed by atoms with Gasteiger partial charge >= 0.3 is 0 Å². The normalized spacial score (nSPS) is 15.1. The third-order valence-electron chi connectivity index (χ3n) is 6.61. The fraction of sp³-hybridized carbons (Fsp3) is 0.241. The van der Waals surface area contributed by atoms with Gasteiger partial charge in [0.1, 0.15) is 5.69 Å². The highest BCUT2D eigenvalue weighted by atomic mass is 16.2. The van der Waals surface area contributed by atoms with Crippen LogP contribution in [0, 0.1) is 0 Å². The number of fused-ring (bicyclic) bond motifs is 1. The zero-order valence-electron chi connectivity index (χ0n) is 19.7. The van der Waals surface area contributed by atoms with Crippen LogP contribution in [0.2, 0.25) is 0 Å². The van der Waals surface area contributed by atoms with Gasteiger partial charge in [0.25, 0.3) is 5.91 Å². The number of aromatic amines is 1. The Bertz CT molecular complexity index is 1240. The Morgan fingerprint density at radius 1 is 0.829 bits per heavy atom. The van der Waals surface area contributed by atoms with Gasteiger partial charge in [0.05, 0.1) is 12.6 Å². The highest BCUT2D eigenvalue weighted by molar-refractivity contribution is 5.98. The van der Waals surface area contributed by atoms with Crippen LogP contribution in [0.15, 0.2) is 91.0 Å². The summed E-state index contributed by atoms with van der Waals surface area (Å²) < 4.78 is 0. The van der Waals surface area contributed by atoms with Crippen molar-refractivity contribution in [2.45, 2.75) is 12.5 Å². The number of rotatable bonds is 7. The Morgan fingerprint density at radius 3 is 2.20 bits per heavy atom. The van der Waals surface area contributed by atoms with E-state index in [1.165, 1.54) is 5.56 Å². The van der Waals surface area contributed by atoms with E-state index >= 15 is 0 Å². The highest BCUT2D eigenvalue weighted by Crippen LogP contribution is 2.19. The molecule has 6 heteroatoms. The van der Waals surface area contributed by atoms with Gasteiger partial charge in [0.15, 0.2) is 0 Å². The van der Waals surface area contributed by atoms with E-state index in [1.54, 1.807) is 0 Å². The van der Waals surface area contributed by atoms with Crippen LogP contribution in [0.4, 0.5) is 0 Å². The van der Waals surface area contributed by atoms with Gasteiger partial charge in [-0.1, -0.05) is 78.9 Å². The van der Waals surface area contributed by atoms with Crippen LogP contribution in [-0.4, -0.2) is 59.3 Å². The van der Waals surface area contributed by atoms with Crippen molar-refractivity contribution in [1.29, 1.82) is 0 Å². The molecule has 35 heavy (non-hydrogen) atoms. The van der Waals surface area contributed by atoms with Gasteiger partial charge in [-0.3, -0.25) is 14.5 Å². The van der Waals surface area contributed by atoms with Crippen LogP contribution in [0.1, 0.15) is 27.7 Å². The molecule has 1 unspecified atom stereocenters. The lowest BCUT2D eigenvalue weighted by Crippen LogP contribution is -2.51. The Hall–Kier alpha value is -3.90. The van der Waals surface area contributed by atoms with Crippen LogP contribution in [0.25, 0.3) is 10.9 Å². The number of nitrogens with one attached hydrogen (secondary N) is 2. The van der Waals surface area contributed by atoms with Crippen LogP contribution in [0.3, 0.4) is 0 Å². The predicted molar refractivity (Wildman–Crippen MR) is 138 cm³/mol. The Balaban J connectivity index is 1.16. The molecule has 2 heterocycles. The van der Waals surface area contributed by atoms with Crippen molar-refractivity contribution in [2.24, 2.45) is 0 Å². The maximum Gasteiger partial charge on any atom is 0.270 e. The summed E-state index contributed by atoms with van der Waals surface area (Å²) in [5.41, 5.74) is 3.86. The summed E-state index contributed by atoms with van der Waals surface area (Å²) in [6, 6.07) is 30.1. The second kappa shape index (κ2) is 10.6. The number of carbonyl (C=O) groups is 2. The van der Waals surface area contributed by atoms with E-state index in [9.17, 15) is 9.59 Å². The van der Waals surface area contributed by atoms with Crippen LogP contribution >= 0.6 is 0 Å². The molecular formula is C29H30N4O2. The number of aromatic nitrogens is 1. The van der Waals surface area contributed by atoms with E-state index in [-0.39, 0.29) is 17.9 Å². The van der Waals surface area contributed by atoms with Crippen molar-refractivity contribution in [3.63, 3.8) is 0 Å². The largest absolute Gasteiger partial charge is 0.351 e. The molecule has 1 aliphatic heterocycles. The molecule has 0 aliphatic carbocycles.